The third-order valence-electron chi connectivity index (χ3n) is 3.30. The van der Waals surface area contributed by atoms with Crippen molar-refractivity contribution in [1.82, 2.24) is 10.3 Å². The summed E-state index contributed by atoms with van der Waals surface area (Å²) in [6.45, 7) is 8.24. The zero-order chi connectivity index (χ0) is 15.1. The van der Waals surface area contributed by atoms with Gasteiger partial charge in [-0.2, -0.15) is 0 Å². The van der Waals surface area contributed by atoms with Gasteiger partial charge < -0.3 is 10.1 Å². The van der Waals surface area contributed by atoms with Crippen LogP contribution in [0.25, 0.3) is 0 Å². The highest BCUT2D eigenvalue weighted by molar-refractivity contribution is 5.31. The van der Waals surface area contributed by atoms with Gasteiger partial charge >= 0.3 is 0 Å². The summed E-state index contributed by atoms with van der Waals surface area (Å²) in [6, 6.07) is 12.2. The van der Waals surface area contributed by atoms with E-state index in [9.17, 15) is 0 Å². The number of hydrogen-bond donors (Lipinski definition) is 1. The molecule has 1 atom stereocenters. The molecule has 3 nitrogen and oxygen atoms in total. The Labute approximate surface area is 127 Å². The molecule has 1 aromatic heterocycles. The minimum absolute atomic E-state index is 0.0254. The highest BCUT2D eigenvalue weighted by atomic mass is 16.5. The molecule has 21 heavy (non-hydrogen) atoms. The molecule has 0 saturated heterocycles. The molecule has 1 heterocycles. The molecule has 0 fully saturated rings. The number of benzene rings is 1. The van der Waals surface area contributed by atoms with E-state index in [-0.39, 0.29) is 6.10 Å². The van der Waals surface area contributed by atoms with Gasteiger partial charge in [-0.05, 0) is 31.0 Å². The zero-order valence-corrected chi connectivity index (χ0v) is 13.0. The number of nitrogens with one attached hydrogen (secondary N) is 1. The van der Waals surface area contributed by atoms with Gasteiger partial charge in [-0.25, -0.2) is 0 Å². The van der Waals surface area contributed by atoms with E-state index in [1.165, 1.54) is 5.56 Å². The summed E-state index contributed by atoms with van der Waals surface area (Å²) in [6.07, 6.45) is 3.68. The first-order valence-electron chi connectivity index (χ1n) is 7.52. The molecule has 112 valence electrons. The fourth-order valence-electron chi connectivity index (χ4n) is 2.14. The summed E-state index contributed by atoms with van der Waals surface area (Å²) < 4.78 is 6.11. The second kappa shape index (κ2) is 7.79. The molecule has 0 spiro atoms. The van der Waals surface area contributed by atoms with Gasteiger partial charge in [0.2, 0.25) is 0 Å². The Balaban J connectivity index is 2.02. The maximum atomic E-state index is 6.11. The molecule has 0 saturated carbocycles. The Morgan fingerprint density at radius 1 is 1.10 bits per heavy atom. The Morgan fingerprint density at radius 3 is 2.57 bits per heavy atom. The first-order chi connectivity index (χ1) is 10.2. The van der Waals surface area contributed by atoms with Crippen molar-refractivity contribution in [3.8, 4) is 5.75 Å². The fourth-order valence-corrected chi connectivity index (χ4v) is 2.14. The van der Waals surface area contributed by atoms with Crippen molar-refractivity contribution in [2.24, 2.45) is 5.92 Å². The molecular formula is C18H24N2O. The molecule has 1 unspecified atom stereocenters. The Kier molecular flexibility index (Phi) is 5.76. The van der Waals surface area contributed by atoms with Crippen LogP contribution < -0.4 is 10.1 Å². The van der Waals surface area contributed by atoms with Crippen LogP contribution in [0.1, 0.15) is 38.0 Å². The van der Waals surface area contributed by atoms with E-state index in [1.54, 1.807) is 6.20 Å². The molecule has 0 radical (unpaired) electrons. The maximum Gasteiger partial charge on any atom is 0.127 e. The standard InChI is InChI=1S/C18H24N2O/c1-14(2)11-20-13-17-12-19-10-9-18(17)21-15(3)16-7-5-4-6-8-16/h4-10,12,14-15,20H,11,13H2,1-3H3. The molecule has 3 heteroatoms. The van der Waals surface area contributed by atoms with Crippen LogP contribution in [-0.4, -0.2) is 11.5 Å². The van der Waals surface area contributed by atoms with Gasteiger partial charge in [0.05, 0.1) is 0 Å². The average molecular weight is 284 g/mol. The normalized spacial score (nSPS) is 12.4. The molecule has 1 N–H and O–H groups in total. The van der Waals surface area contributed by atoms with Crippen molar-refractivity contribution in [1.29, 1.82) is 0 Å². The summed E-state index contributed by atoms with van der Waals surface area (Å²) in [5.41, 5.74) is 2.27. The molecular weight excluding hydrogens is 260 g/mol. The fraction of sp³-hybridized carbons (Fsp3) is 0.389. The number of rotatable bonds is 7. The highest BCUT2D eigenvalue weighted by Gasteiger charge is 2.10. The number of pyridine rings is 1. The summed E-state index contributed by atoms with van der Waals surface area (Å²) >= 11 is 0. The van der Waals surface area contributed by atoms with Gasteiger partial charge in [-0.3, -0.25) is 4.98 Å². The zero-order valence-electron chi connectivity index (χ0n) is 13.0. The van der Waals surface area contributed by atoms with Crippen molar-refractivity contribution in [3.05, 3.63) is 59.9 Å². The first-order valence-corrected chi connectivity index (χ1v) is 7.52. The lowest BCUT2D eigenvalue weighted by Gasteiger charge is -2.18. The SMILES string of the molecule is CC(C)CNCc1cnccc1OC(C)c1ccccc1. The number of aromatic nitrogens is 1. The van der Waals surface area contributed by atoms with Gasteiger partial charge in [-0.15, -0.1) is 0 Å². The second-order valence-corrected chi connectivity index (χ2v) is 5.68. The van der Waals surface area contributed by atoms with Crippen LogP contribution in [0, 0.1) is 5.92 Å². The van der Waals surface area contributed by atoms with Gasteiger partial charge in [0.1, 0.15) is 11.9 Å². The van der Waals surface area contributed by atoms with Gasteiger partial charge in [0.25, 0.3) is 0 Å². The second-order valence-electron chi connectivity index (χ2n) is 5.68. The van der Waals surface area contributed by atoms with Crippen molar-refractivity contribution in [3.63, 3.8) is 0 Å². The van der Waals surface area contributed by atoms with Crippen molar-refractivity contribution in [2.45, 2.75) is 33.4 Å². The molecule has 2 rings (SSSR count). The Bertz CT molecular complexity index is 540. The lowest BCUT2D eigenvalue weighted by Crippen LogP contribution is -2.19. The van der Waals surface area contributed by atoms with E-state index in [0.29, 0.717) is 5.92 Å². The summed E-state index contributed by atoms with van der Waals surface area (Å²) in [4.78, 5) is 4.20. The molecule has 0 aliphatic heterocycles. The lowest BCUT2D eigenvalue weighted by atomic mass is 10.1. The topological polar surface area (TPSA) is 34.2 Å². The predicted octanol–water partition coefficient (Wildman–Crippen LogP) is 3.97. The predicted molar refractivity (Wildman–Crippen MR) is 86.3 cm³/mol. The number of nitrogens with zero attached hydrogens (tertiary/aromatic N) is 1. The van der Waals surface area contributed by atoms with Crippen LogP contribution in [0.5, 0.6) is 5.75 Å². The van der Waals surface area contributed by atoms with Gasteiger partial charge in [0, 0.05) is 24.5 Å². The first kappa shape index (κ1) is 15.5. The number of ether oxygens (including phenoxy) is 1. The molecule has 0 amide bonds. The molecule has 1 aromatic carbocycles. The van der Waals surface area contributed by atoms with E-state index in [4.69, 9.17) is 4.74 Å². The van der Waals surface area contributed by atoms with Crippen LogP contribution >= 0.6 is 0 Å². The Morgan fingerprint density at radius 2 is 1.86 bits per heavy atom. The molecule has 0 aliphatic rings. The lowest BCUT2D eigenvalue weighted by molar-refractivity contribution is 0.224. The van der Waals surface area contributed by atoms with E-state index >= 15 is 0 Å². The van der Waals surface area contributed by atoms with Crippen LogP contribution in [0.4, 0.5) is 0 Å². The monoisotopic (exact) mass is 284 g/mol. The van der Waals surface area contributed by atoms with Crippen molar-refractivity contribution in [2.75, 3.05) is 6.54 Å². The minimum Gasteiger partial charge on any atom is -0.486 e. The Hall–Kier alpha value is -1.87. The van der Waals surface area contributed by atoms with Crippen molar-refractivity contribution < 1.29 is 4.74 Å². The van der Waals surface area contributed by atoms with Crippen LogP contribution in [0.15, 0.2) is 48.8 Å². The summed E-state index contributed by atoms with van der Waals surface area (Å²) in [7, 11) is 0. The molecule has 2 aromatic rings. The quantitative estimate of drug-likeness (QED) is 0.835. The van der Waals surface area contributed by atoms with E-state index in [2.05, 4.69) is 43.2 Å². The largest absolute Gasteiger partial charge is 0.486 e. The van der Waals surface area contributed by atoms with Crippen LogP contribution in [0.3, 0.4) is 0 Å². The molecule has 0 aliphatic carbocycles. The van der Waals surface area contributed by atoms with E-state index < -0.39 is 0 Å². The summed E-state index contributed by atoms with van der Waals surface area (Å²) in [5, 5.41) is 3.43. The third kappa shape index (κ3) is 4.87. The average Bonchev–Trinajstić information content (AvgIpc) is 2.49. The van der Waals surface area contributed by atoms with Gasteiger partial charge in [-0.1, -0.05) is 44.2 Å². The van der Waals surface area contributed by atoms with Crippen LogP contribution in [0.2, 0.25) is 0 Å². The van der Waals surface area contributed by atoms with E-state index in [0.717, 1.165) is 24.4 Å². The maximum absolute atomic E-state index is 6.11. The third-order valence-corrected chi connectivity index (χ3v) is 3.30. The van der Waals surface area contributed by atoms with Crippen molar-refractivity contribution >= 4 is 0 Å². The summed E-state index contributed by atoms with van der Waals surface area (Å²) in [5.74, 6) is 1.53. The number of hydrogen-bond acceptors (Lipinski definition) is 3. The minimum atomic E-state index is 0.0254. The van der Waals surface area contributed by atoms with Crippen LogP contribution in [-0.2, 0) is 6.54 Å². The smallest absolute Gasteiger partial charge is 0.127 e. The van der Waals surface area contributed by atoms with E-state index in [1.807, 2.05) is 30.5 Å². The van der Waals surface area contributed by atoms with Gasteiger partial charge in [0.15, 0.2) is 0 Å². The molecule has 0 bridgehead atoms. The highest BCUT2D eigenvalue weighted by Crippen LogP contribution is 2.24.